The predicted octanol–water partition coefficient (Wildman–Crippen LogP) is 6.73. The maximum Gasteiger partial charge on any atom is 0.234 e. The summed E-state index contributed by atoms with van der Waals surface area (Å²) >= 11 is 1.24. The third-order valence-electron chi connectivity index (χ3n) is 5.19. The fourth-order valence-electron chi connectivity index (χ4n) is 3.55. The average Bonchev–Trinajstić information content (AvgIpc) is 2.93. The first-order valence-corrected chi connectivity index (χ1v) is 12.3. The second-order valence-corrected chi connectivity index (χ2v) is 8.75. The lowest BCUT2D eigenvalue weighted by Gasteiger charge is -2.10. The van der Waals surface area contributed by atoms with Crippen molar-refractivity contribution in [3.63, 3.8) is 0 Å². The third kappa shape index (κ3) is 5.95. The molecular formula is C29H22N4O2S. The van der Waals surface area contributed by atoms with Crippen molar-refractivity contribution < 1.29 is 9.53 Å². The van der Waals surface area contributed by atoms with E-state index in [-0.39, 0.29) is 11.7 Å². The zero-order valence-corrected chi connectivity index (χ0v) is 20.1. The summed E-state index contributed by atoms with van der Waals surface area (Å²) in [5.74, 6) is 1.34. The Morgan fingerprint density at radius 2 is 1.31 bits per heavy atom. The topological polar surface area (TPSA) is 77.0 Å². The van der Waals surface area contributed by atoms with Gasteiger partial charge < -0.3 is 10.1 Å². The maximum absolute atomic E-state index is 12.7. The quantitative estimate of drug-likeness (QED) is 0.243. The molecule has 0 fully saturated rings. The molecule has 4 aromatic carbocycles. The molecule has 5 aromatic rings. The fraction of sp³-hybridized carbons (Fsp3) is 0.0345. The van der Waals surface area contributed by atoms with Crippen LogP contribution in [0, 0.1) is 0 Å². The van der Waals surface area contributed by atoms with E-state index in [0.717, 1.165) is 22.6 Å². The molecule has 0 radical (unpaired) electrons. The van der Waals surface area contributed by atoms with E-state index < -0.39 is 0 Å². The Kier molecular flexibility index (Phi) is 7.30. The highest BCUT2D eigenvalue weighted by atomic mass is 32.2. The van der Waals surface area contributed by atoms with E-state index in [0.29, 0.717) is 22.3 Å². The van der Waals surface area contributed by atoms with Crippen LogP contribution in [0.5, 0.6) is 11.5 Å². The second kappa shape index (κ2) is 11.3. The van der Waals surface area contributed by atoms with Crippen LogP contribution in [-0.4, -0.2) is 26.8 Å². The summed E-state index contributed by atoms with van der Waals surface area (Å²) in [6, 6.07) is 36.5. The first-order valence-electron chi connectivity index (χ1n) is 11.4. The molecule has 1 aromatic heterocycles. The summed E-state index contributed by atoms with van der Waals surface area (Å²) in [4.78, 5) is 17.4. The molecule has 1 N–H and O–H groups in total. The molecular weight excluding hydrogens is 468 g/mol. The van der Waals surface area contributed by atoms with E-state index in [1.807, 2.05) is 109 Å². The fourth-order valence-corrected chi connectivity index (χ4v) is 4.14. The SMILES string of the molecule is O=C(CSc1nnc(-c2ccccc2)c(-c2ccccc2)n1)Nc1cccc(Oc2ccccc2)c1. The molecule has 0 atom stereocenters. The van der Waals surface area contributed by atoms with Crippen LogP contribution in [-0.2, 0) is 4.79 Å². The Bertz CT molecular complexity index is 1450. The van der Waals surface area contributed by atoms with Crippen LogP contribution in [0.1, 0.15) is 0 Å². The van der Waals surface area contributed by atoms with Crippen LogP contribution in [0.4, 0.5) is 5.69 Å². The van der Waals surface area contributed by atoms with Crippen molar-refractivity contribution in [1.82, 2.24) is 15.2 Å². The molecule has 6 nitrogen and oxygen atoms in total. The van der Waals surface area contributed by atoms with E-state index in [9.17, 15) is 4.79 Å². The Labute approximate surface area is 213 Å². The molecule has 5 rings (SSSR count). The van der Waals surface area contributed by atoms with Crippen molar-refractivity contribution in [1.29, 1.82) is 0 Å². The molecule has 1 heterocycles. The van der Waals surface area contributed by atoms with Crippen LogP contribution in [0.3, 0.4) is 0 Å². The van der Waals surface area contributed by atoms with Crippen LogP contribution in [0.15, 0.2) is 120 Å². The number of para-hydroxylation sites is 1. The minimum atomic E-state index is -0.172. The summed E-state index contributed by atoms with van der Waals surface area (Å²) in [6.07, 6.45) is 0. The minimum Gasteiger partial charge on any atom is -0.457 e. The third-order valence-corrected chi connectivity index (χ3v) is 6.03. The van der Waals surface area contributed by atoms with Gasteiger partial charge in [0.1, 0.15) is 22.9 Å². The van der Waals surface area contributed by atoms with Gasteiger partial charge in [-0.05, 0) is 24.3 Å². The van der Waals surface area contributed by atoms with Gasteiger partial charge in [-0.2, -0.15) is 0 Å². The number of hydrogen-bond donors (Lipinski definition) is 1. The molecule has 0 saturated heterocycles. The van der Waals surface area contributed by atoms with E-state index >= 15 is 0 Å². The number of nitrogens with one attached hydrogen (secondary N) is 1. The largest absolute Gasteiger partial charge is 0.457 e. The van der Waals surface area contributed by atoms with Crippen LogP contribution < -0.4 is 10.1 Å². The van der Waals surface area contributed by atoms with Gasteiger partial charge in [0.25, 0.3) is 0 Å². The second-order valence-electron chi connectivity index (χ2n) is 7.80. The van der Waals surface area contributed by atoms with Crippen molar-refractivity contribution in [2.75, 3.05) is 11.1 Å². The summed E-state index contributed by atoms with van der Waals surface area (Å²) in [5, 5.41) is 12.1. The van der Waals surface area contributed by atoms with Gasteiger partial charge in [0.2, 0.25) is 11.1 Å². The van der Waals surface area contributed by atoms with Crippen LogP contribution in [0.25, 0.3) is 22.5 Å². The Morgan fingerprint density at radius 1 is 0.694 bits per heavy atom. The maximum atomic E-state index is 12.7. The van der Waals surface area contributed by atoms with Crippen molar-refractivity contribution >= 4 is 23.4 Å². The van der Waals surface area contributed by atoms with Crippen molar-refractivity contribution in [3.05, 3.63) is 115 Å². The summed E-state index contributed by atoms with van der Waals surface area (Å²) in [6.45, 7) is 0. The van der Waals surface area contributed by atoms with Gasteiger partial charge in [-0.25, -0.2) is 4.98 Å². The average molecular weight is 491 g/mol. The highest BCUT2D eigenvalue weighted by Crippen LogP contribution is 2.30. The van der Waals surface area contributed by atoms with E-state index in [4.69, 9.17) is 9.72 Å². The molecule has 1 amide bonds. The number of anilines is 1. The van der Waals surface area contributed by atoms with Gasteiger partial charge >= 0.3 is 0 Å². The Hall–Kier alpha value is -4.49. The standard InChI is InChI=1S/C29H22N4O2S/c34-26(30-23-15-10-18-25(19-23)35-24-16-8-3-9-17-24)20-36-29-31-27(21-11-4-1-5-12-21)28(32-33-29)22-13-6-2-7-14-22/h1-19H,20H2,(H,30,34). The number of thioether (sulfide) groups is 1. The van der Waals surface area contributed by atoms with Gasteiger partial charge in [0.05, 0.1) is 5.75 Å². The van der Waals surface area contributed by atoms with Crippen LogP contribution in [0.2, 0.25) is 0 Å². The van der Waals surface area contributed by atoms with Gasteiger partial charge in [-0.1, -0.05) is 96.7 Å². The molecule has 176 valence electrons. The number of amides is 1. The first-order chi connectivity index (χ1) is 17.7. The Morgan fingerprint density at radius 3 is 2.00 bits per heavy atom. The summed E-state index contributed by atoms with van der Waals surface area (Å²) < 4.78 is 5.85. The minimum absolute atomic E-state index is 0.143. The van der Waals surface area contributed by atoms with Crippen molar-refractivity contribution in [3.8, 4) is 34.0 Å². The molecule has 0 aliphatic heterocycles. The molecule has 0 spiro atoms. The number of hydrogen-bond acceptors (Lipinski definition) is 6. The predicted molar refractivity (Wildman–Crippen MR) is 143 cm³/mol. The number of nitrogens with zero attached hydrogens (tertiary/aromatic N) is 3. The highest BCUT2D eigenvalue weighted by Gasteiger charge is 2.15. The van der Waals surface area contributed by atoms with Gasteiger partial charge in [0, 0.05) is 22.9 Å². The summed E-state index contributed by atoms with van der Waals surface area (Å²) in [5.41, 5.74) is 3.95. The van der Waals surface area contributed by atoms with Gasteiger partial charge in [-0.15, -0.1) is 10.2 Å². The molecule has 0 aliphatic rings. The van der Waals surface area contributed by atoms with Crippen LogP contribution >= 0.6 is 11.8 Å². The first kappa shape index (κ1) is 23.3. The lowest BCUT2D eigenvalue weighted by molar-refractivity contribution is -0.113. The zero-order valence-electron chi connectivity index (χ0n) is 19.2. The normalized spacial score (nSPS) is 10.6. The van der Waals surface area contributed by atoms with Gasteiger partial charge in [-0.3, -0.25) is 4.79 Å². The number of benzene rings is 4. The van der Waals surface area contributed by atoms with E-state index in [2.05, 4.69) is 15.5 Å². The number of ether oxygens (including phenoxy) is 1. The number of rotatable bonds is 8. The van der Waals surface area contributed by atoms with Crippen molar-refractivity contribution in [2.24, 2.45) is 0 Å². The zero-order chi connectivity index (χ0) is 24.6. The van der Waals surface area contributed by atoms with Crippen molar-refractivity contribution in [2.45, 2.75) is 5.16 Å². The Balaban J connectivity index is 1.28. The number of aromatic nitrogens is 3. The number of carbonyl (C=O) groups is 1. The van der Waals surface area contributed by atoms with Gasteiger partial charge in [0.15, 0.2) is 0 Å². The highest BCUT2D eigenvalue weighted by molar-refractivity contribution is 7.99. The molecule has 36 heavy (non-hydrogen) atoms. The summed E-state index contributed by atoms with van der Waals surface area (Å²) in [7, 11) is 0. The lowest BCUT2D eigenvalue weighted by Crippen LogP contribution is -2.14. The van der Waals surface area contributed by atoms with E-state index in [1.165, 1.54) is 11.8 Å². The molecule has 0 aliphatic carbocycles. The monoisotopic (exact) mass is 490 g/mol. The molecule has 0 unspecified atom stereocenters. The molecule has 0 saturated carbocycles. The smallest absolute Gasteiger partial charge is 0.234 e. The van der Waals surface area contributed by atoms with E-state index in [1.54, 1.807) is 6.07 Å². The lowest BCUT2D eigenvalue weighted by atomic mass is 10.0. The number of carbonyl (C=O) groups excluding carboxylic acids is 1. The molecule has 0 bridgehead atoms. The molecule has 7 heteroatoms.